The second kappa shape index (κ2) is 7.21. The van der Waals surface area contributed by atoms with Gasteiger partial charge in [-0.3, -0.25) is 0 Å². The smallest absolute Gasteiger partial charge is 0.323 e. The third kappa shape index (κ3) is 3.90. The van der Waals surface area contributed by atoms with Crippen molar-refractivity contribution in [3.63, 3.8) is 0 Å². The molecule has 0 radical (unpaired) electrons. The first-order valence-electron chi connectivity index (χ1n) is 8.54. The first kappa shape index (κ1) is 16.7. The fourth-order valence-corrected chi connectivity index (χ4v) is 2.77. The molecule has 6 heteroatoms. The normalized spacial score (nSPS) is 10.6. The molecule has 3 aromatic carbocycles. The van der Waals surface area contributed by atoms with Gasteiger partial charge in [0, 0.05) is 5.69 Å². The monoisotopic (exact) mass is 358 g/mol. The molecule has 4 rings (SSSR count). The Kier molecular flexibility index (Phi) is 4.45. The number of nitrogens with one attached hydrogen (secondary N) is 3. The topological polar surface area (TPSA) is 79.0 Å². The van der Waals surface area contributed by atoms with Crippen LogP contribution in [0.15, 0.2) is 72.8 Å². The average Bonchev–Trinajstić information content (AvgIpc) is 3.05. The Morgan fingerprint density at radius 3 is 2.41 bits per heavy atom. The van der Waals surface area contributed by atoms with Crippen molar-refractivity contribution in [3.05, 3.63) is 78.6 Å². The molecule has 0 unspecified atom stereocenters. The number of para-hydroxylation sites is 2. The summed E-state index contributed by atoms with van der Waals surface area (Å²) in [5.74, 6) is 2.26. The van der Waals surface area contributed by atoms with Gasteiger partial charge in [-0.2, -0.15) is 0 Å². The Labute approximate surface area is 156 Å². The second-order valence-electron chi connectivity index (χ2n) is 6.04. The summed E-state index contributed by atoms with van der Waals surface area (Å²) in [6.45, 7) is 1.88. The number of carbonyl (C=O) groups excluding carboxylic acids is 1. The van der Waals surface area contributed by atoms with E-state index in [0.29, 0.717) is 17.1 Å². The van der Waals surface area contributed by atoms with Crippen molar-refractivity contribution in [1.29, 1.82) is 0 Å². The number of amides is 2. The minimum atomic E-state index is -0.333. The third-order valence-electron chi connectivity index (χ3n) is 3.97. The molecule has 0 atom stereocenters. The van der Waals surface area contributed by atoms with E-state index in [4.69, 9.17) is 4.74 Å². The number of benzene rings is 3. The summed E-state index contributed by atoms with van der Waals surface area (Å²) in [6, 6.07) is 22.0. The van der Waals surface area contributed by atoms with Gasteiger partial charge in [0.1, 0.15) is 22.8 Å². The minimum Gasteiger partial charge on any atom is -0.457 e. The zero-order chi connectivity index (χ0) is 18.6. The fraction of sp³-hybridized carbons (Fsp3) is 0.0476. The van der Waals surface area contributed by atoms with Crippen LogP contribution in [-0.4, -0.2) is 16.0 Å². The lowest BCUT2D eigenvalue weighted by molar-refractivity contribution is 0.262. The lowest BCUT2D eigenvalue weighted by Crippen LogP contribution is -2.19. The predicted molar refractivity (Wildman–Crippen MR) is 106 cm³/mol. The number of fused-ring (bicyclic) bond motifs is 1. The van der Waals surface area contributed by atoms with E-state index in [-0.39, 0.29) is 6.03 Å². The summed E-state index contributed by atoms with van der Waals surface area (Å²) in [5.41, 5.74) is 2.93. The molecule has 134 valence electrons. The highest BCUT2D eigenvalue weighted by Crippen LogP contribution is 2.24. The summed E-state index contributed by atoms with van der Waals surface area (Å²) >= 11 is 0. The first-order chi connectivity index (χ1) is 13.2. The first-order valence-corrected chi connectivity index (χ1v) is 8.54. The predicted octanol–water partition coefficient (Wildman–Crippen LogP) is 5.31. The van der Waals surface area contributed by atoms with Crippen LogP contribution in [0.1, 0.15) is 5.82 Å². The molecular weight excluding hydrogens is 340 g/mol. The van der Waals surface area contributed by atoms with Crippen LogP contribution in [0.25, 0.3) is 11.0 Å². The minimum absolute atomic E-state index is 0.333. The summed E-state index contributed by atoms with van der Waals surface area (Å²) in [5, 5.41) is 5.65. The van der Waals surface area contributed by atoms with Crippen LogP contribution in [0.3, 0.4) is 0 Å². The summed E-state index contributed by atoms with van der Waals surface area (Å²) in [6.07, 6.45) is 0. The average molecular weight is 358 g/mol. The van der Waals surface area contributed by atoms with Crippen molar-refractivity contribution in [2.45, 2.75) is 6.92 Å². The maximum absolute atomic E-state index is 12.3. The van der Waals surface area contributed by atoms with Gasteiger partial charge in [-0.1, -0.05) is 24.3 Å². The van der Waals surface area contributed by atoms with Crippen molar-refractivity contribution in [1.82, 2.24) is 9.97 Å². The number of hydrogen-bond acceptors (Lipinski definition) is 3. The van der Waals surface area contributed by atoms with Crippen LogP contribution < -0.4 is 15.4 Å². The maximum atomic E-state index is 12.3. The van der Waals surface area contributed by atoms with Crippen LogP contribution >= 0.6 is 0 Å². The van der Waals surface area contributed by atoms with E-state index in [0.717, 1.165) is 22.6 Å². The molecular formula is C21H18N4O2. The summed E-state index contributed by atoms with van der Waals surface area (Å²) in [7, 11) is 0. The Hall–Kier alpha value is -3.80. The number of aryl methyl sites for hydroxylation is 1. The zero-order valence-corrected chi connectivity index (χ0v) is 14.7. The molecule has 4 aromatic rings. The molecule has 0 fully saturated rings. The number of urea groups is 1. The molecule has 0 aliphatic heterocycles. The van der Waals surface area contributed by atoms with E-state index >= 15 is 0 Å². The van der Waals surface area contributed by atoms with Crippen molar-refractivity contribution in [2.24, 2.45) is 0 Å². The standard InChI is InChI=1S/C21H18N4O2/c1-14-22-18-8-5-9-19(20(18)23-14)25-21(26)24-15-10-12-17(13-11-15)27-16-6-3-2-4-7-16/h2-13H,1H3,(H,22,23)(H2,24,25,26). The number of carbonyl (C=O) groups is 1. The molecule has 0 saturated carbocycles. The number of anilines is 2. The van der Waals surface area contributed by atoms with Crippen molar-refractivity contribution in [3.8, 4) is 11.5 Å². The third-order valence-corrected chi connectivity index (χ3v) is 3.97. The van der Waals surface area contributed by atoms with E-state index in [1.54, 1.807) is 24.3 Å². The van der Waals surface area contributed by atoms with Gasteiger partial charge in [0.15, 0.2) is 0 Å². The van der Waals surface area contributed by atoms with Gasteiger partial charge in [-0.15, -0.1) is 0 Å². The largest absolute Gasteiger partial charge is 0.457 e. The highest BCUT2D eigenvalue weighted by Gasteiger charge is 2.09. The zero-order valence-electron chi connectivity index (χ0n) is 14.7. The van der Waals surface area contributed by atoms with Crippen LogP contribution in [0.2, 0.25) is 0 Å². The lowest BCUT2D eigenvalue weighted by atomic mass is 10.2. The van der Waals surface area contributed by atoms with Crippen molar-refractivity contribution < 1.29 is 9.53 Å². The number of nitrogens with zero attached hydrogens (tertiary/aromatic N) is 1. The second-order valence-corrected chi connectivity index (χ2v) is 6.04. The Balaban J connectivity index is 1.42. The lowest BCUT2D eigenvalue weighted by Gasteiger charge is -2.09. The van der Waals surface area contributed by atoms with Crippen molar-refractivity contribution >= 4 is 28.4 Å². The number of aromatic nitrogens is 2. The van der Waals surface area contributed by atoms with Crippen LogP contribution in [0, 0.1) is 6.92 Å². The van der Waals surface area contributed by atoms with Gasteiger partial charge in [-0.05, 0) is 55.5 Å². The summed E-state index contributed by atoms with van der Waals surface area (Å²) < 4.78 is 5.74. The number of H-pyrrole nitrogens is 1. The maximum Gasteiger partial charge on any atom is 0.323 e. The van der Waals surface area contributed by atoms with Gasteiger partial charge in [0.05, 0.1) is 11.2 Å². The highest BCUT2D eigenvalue weighted by atomic mass is 16.5. The van der Waals surface area contributed by atoms with E-state index in [1.807, 2.05) is 55.5 Å². The number of ether oxygens (including phenoxy) is 1. The van der Waals surface area contributed by atoms with E-state index in [2.05, 4.69) is 20.6 Å². The molecule has 1 aromatic heterocycles. The van der Waals surface area contributed by atoms with E-state index in [9.17, 15) is 4.79 Å². The molecule has 1 heterocycles. The molecule has 6 nitrogen and oxygen atoms in total. The molecule has 3 N–H and O–H groups in total. The molecule has 0 bridgehead atoms. The molecule has 0 aliphatic carbocycles. The SMILES string of the molecule is Cc1nc2c(NC(=O)Nc3ccc(Oc4ccccc4)cc3)cccc2[nH]1. The number of aromatic amines is 1. The highest BCUT2D eigenvalue weighted by molar-refractivity contribution is 6.04. The molecule has 27 heavy (non-hydrogen) atoms. The fourth-order valence-electron chi connectivity index (χ4n) is 2.77. The van der Waals surface area contributed by atoms with Gasteiger partial charge >= 0.3 is 6.03 Å². The Morgan fingerprint density at radius 1 is 0.889 bits per heavy atom. The van der Waals surface area contributed by atoms with Gasteiger partial charge in [0.25, 0.3) is 0 Å². The van der Waals surface area contributed by atoms with Crippen LogP contribution in [-0.2, 0) is 0 Å². The molecule has 0 saturated heterocycles. The number of rotatable bonds is 4. The molecule has 2 amide bonds. The number of hydrogen-bond donors (Lipinski definition) is 3. The Bertz CT molecular complexity index is 1070. The van der Waals surface area contributed by atoms with Crippen LogP contribution in [0.5, 0.6) is 11.5 Å². The van der Waals surface area contributed by atoms with E-state index in [1.165, 1.54) is 0 Å². The van der Waals surface area contributed by atoms with E-state index < -0.39 is 0 Å². The quantitative estimate of drug-likeness (QED) is 0.463. The molecule has 0 spiro atoms. The summed E-state index contributed by atoms with van der Waals surface area (Å²) in [4.78, 5) is 19.9. The van der Waals surface area contributed by atoms with Gasteiger partial charge in [0.2, 0.25) is 0 Å². The number of imidazole rings is 1. The molecule has 0 aliphatic rings. The van der Waals surface area contributed by atoms with Gasteiger partial charge in [-0.25, -0.2) is 9.78 Å². The Morgan fingerprint density at radius 2 is 1.63 bits per heavy atom. The van der Waals surface area contributed by atoms with Crippen LogP contribution in [0.4, 0.5) is 16.2 Å². The van der Waals surface area contributed by atoms with Crippen molar-refractivity contribution in [2.75, 3.05) is 10.6 Å². The van der Waals surface area contributed by atoms with Gasteiger partial charge < -0.3 is 20.4 Å².